The first-order valence-corrected chi connectivity index (χ1v) is 13.7. The quantitative estimate of drug-likeness (QED) is 0.199. The zero-order valence-electron chi connectivity index (χ0n) is 23.6. The Morgan fingerprint density at radius 3 is 2.00 bits per heavy atom. The molecule has 1 nitrogen and oxygen atoms in total. The maximum absolute atomic E-state index is 14.4. The van der Waals surface area contributed by atoms with Crippen molar-refractivity contribution in [1.82, 2.24) is 0 Å². The minimum atomic E-state index is -0.359. The van der Waals surface area contributed by atoms with Gasteiger partial charge < -0.3 is 0 Å². The van der Waals surface area contributed by atoms with E-state index in [-0.39, 0.29) is 22.1 Å². The summed E-state index contributed by atoms with van der Waals surface area (Å²) in [6.45, 7) is 11.4. The molecule has 0 saturated heterocycles. The monoisotopic (exact) mass is 513 g/mol. The summed E-state index contributed by atoms with van der Waals surface area (Å²) in [5.74, 6) is -0.216. The SMILES string of the molecule is CC(C)(CCC(C)(c1ccc(C#N)cc1)C(C)(C)c1cccc(F)c1)c1ccc2c(ccc3ccccc32)c1. The Morgan fingerprint density at radius 1 is 0.615 bits per heavy atom. The van der Waals surface area contributed by atoms with Crippen LogP contribution in [0.15, 0.2) is 103 Å². The standard InChI is InChI=1S/C37H36FN/c1-35(2,30-19-20-34-28(23-30)16-15-27-9-6-7-12-33(27)34)21-22-37(5,29-17-13-26(25-39)14-18-29)36(3,4)31-10-8-11-32(38)24-31/h6-20,23-24H,21-22H2,1-5H3. The first-order valence-electron chi connectivity index (χ1n) is 13.7. The smallest absolute Gasteiger partial charge is 0.123 e. The fourth-order valence-corrected chi connectivity index (χ4v) is 6.07. The highest BCUT2D eigenvalue weighted by Crippen LogP contribution is 2.49. The molecule has 0 heterocycles. The lowest BCUT2D eigenvalue weighted by molar-refractivity contribution is 0.232. The van der Waals surface area contributed by atoms with Gasteiger partial charge in [0.05, 0.1) is 11.6 Å². The second kappa shape index (κ2) is 9.97. The highest BCUT2D eigenvalue weighted by atomic mass is 19.1. The molecule has 5 aromatic rings. The summed E-state index contributed by atoms with van der Waals surface area (Å²) in [6.07, 6.45) is 1.84. The van der Waals surface area contributed by atoms with Gasteiger partial charge in [0, 0.05) is 5.41 Å². The maximum Gasteiger partial charge on any atom is 0.123 e. The molecule has 0 bridgehead atoms. The lowest BCUT2D eigenvalue weighted by Crippen LogP contribution is -2.44. The molecule has 0 saturated carbocycles. The van der Waals surface area contributed by atoms with E-state index in [1.807, 2.05) is 18.2 Å². The van der Waals surface area contributed by atoms with E-state index in [0.29, 0.717) is 5.56 Å². The lowest BCUT2D eigenvalue weighted by Gasteiger charge is -2.47. The van der Waals surface area contributed by atoms with Crippen LogP contribution in [0.1, 0.15) is 69.7 Å². The molecule has 2 heteroatoms. The van der Waals surface area contributed by atoms with Crippen molar-refractivity contribution in [2.75, 3.05) is 0 Å². The average molecular weight is 514 g/mol. The summed E-state index contributed by atoms with van der Waals surface area (Å²) in [6, 6.07) is 37.1. The number of nitriles is 1. The van der Waals surface area contributed by atoms with E-state index in [1.54, 1.807) is 12.1 Å². The number of fused-ring (bicyclic) bond motifs is 3. The summed E-state index contributed by atoms with van der Waals surface area (Å²) in [5.41, 5.74) is 3.36. The minimum Gasteiger partial charge on any atom is -0.207 e. The molecular formula is C37H36FN. The molecule has 0 spiro atoms. The predicted molar refractivity (Wildman–Crippen MR) is 162 cm³/mol. The number of benzene rings is 5. The fraction of sp³-hybridized carbons (Fsp3) is 0.270. The summed E-state index contributed by atoms with van der Waals surface area (Å²) in [4.78, 5) is 0. The topological polar surface area (TPSA) is 23.8 Å². The van der Waals surface area contributed by atoms with E-state index in [2.05, 4.69) is 107 Å². The van der Waals surface area contributed by atoms with Crippen molar-refractivity contribution in [3.63, 3.8) is 0 Å². The van der Waals surface area contributed by atoms with Gasteiger partial charge in [-0.05, 0) is 86.2 Å². The van der Waals surface area contributed by atoms with Gasteiger partial charge >= 0.3 is 0 Å². The third-order valence-corrected chi connectivity index (χ3v) is 9.35. The molecule has 0 aromatic heterocycles. The van der Waals surface area contributed by atoms with Crippen LogP contribution in [0.5, 0.6) is 0 Å². The van der Waals surface area contributed by atoms with Crippen molar-refractivity contribution < 1.29 is 4.39 Å². The molecule has 1 unspecified atom stereocenters. The fourth-order valence-electron chi connectivity index (χ4n) is 6.07. The Balaban J connectivity index is 1.52. The van der Waals surface area contributed by atoms with Crippen molar-refractivity contribution in [3.05, 3.63) is 131 Å². The molecule has 0 N–H and O–H groups in total. The third-order valence-electron chi connectivity index (χ3n) is 9.35. The van der Waals surface area contributed by atoms with E-state index >= 15 is 0 Å². The summed E-state index contributed by atoms with van der Waals surface area (Å²) < 4.78 is 14.4. The molecule has 0 aliphatic rings. The molecule has 0 aliphatic carbocycles. The Labute approximate surface area is 231 Å². The molecule has 0 aliphatic heterocycles. The van der Waals surface area contributed by atoms with Gasteiger partial charge in [0.25, 0.3) is 0 Å². The number of rotatable bonds is 7. The zero-order chi connectivity index (χ0) is 27.8. The van der Waals surface area contributed by atoms with Crippen molar-refractivity contribution >= 4 is 21.5 Å². The van der Waals surface area contributed by atoms with E-state index in [1.165, 1.54) is 33.2 Å². The second-order valence-corrected chi connectivity index (χ2v) is 12.3. The largest absolute Gasteiger partial charge is 0.207 e. The van der Waals surface area contributed by atoms with Crippen molar-refractivity contribution in [3.8, 4) is 6.07 Å². The highest BCUT2D eigenvalue weighted by molar-refractivity contribution is 6.07. The van der Waals surface area contributed by atoms with Crippen LogP contribution >= 0.6 is 0 Å². The van der Waals surface area contributed by atoms with Crippen LogP contribution in [0.25, 0.3) is 21.5 Å². The summed E-state index contributed by atoms with van der Waals surface area (Å²) in [7, 11) is 0. The molecule has 0 radical (unpaired) electrons. The average Bonchev–Trinajstić information content (AvgIpc) is 2.95. The number of nitrogens with zero attached hydrogens (tertiary/aromatic N) is 1. The molecule has 1 atom stereocenters. The van der Waals surface area contributed by atoms with Gasteiger partial charge in [-0.3, -0.25) is 0 Å². The third kappa shape index (κ3) is 4.83. The van der Waals surface area contributed by atoms with Crippen LogP contribution in [0, 0.1) is 17.1 Å². The number of hydrogen-bond donors (Lipinski definition) is 0. The Morgan fingerprint density at radius 2 is 1.28 bits per heavy atom. The number of hydrogen-bond acceptors (Lipinski definition) is 1. The van der Waals surface area contributed by atoms with E-state index in [0.717, 1.165) is 24.0 Å². The first-order chi connectivity index (χ1) is 18.5. The second-order valence-electron chi connectivity index (χ2n) is 12.3. The van der Waals surface area contributed by atoms with Crippen molar-refractivity contribution in [2.45, 2.75) is 63.7 Å². The maximum atomic E-state index is 14.4. The van der Waals surface area contributed by atoms with Crippen LogP contribution in [0.3, 0.4) is 0 Å². The van der Waals surface area contributed by atoms with Crippen molar-refractivity contribution in [2.24, 2.45) is 0 Å². The van der Waals surface area contributed by atoms with Gasteiger partial charge in [0.1, 0.15) is 5.82 Å². The van der Waals surface area contributed by atoms with Crippen LogP contribution in [0.2, 0.25) is 0 Å². The molecular weight excluding hydrogens is 477 g/mol. The molecule has 39 heavy (non-hydrogen) atoms. The Kier molecular flexibility index (Phi) is 6.81. The van der Waals surface area contributed by atoms with Crippen LogP contribution < -0.4 is 0 Å². The van der Waals surface area contributed by atoms with Gasteiger partial charge in [0.15, 0.2) is 0 Å². The van der Waals surface area contributed by atoms with E-state index in [4.69, 9.17) is 0 Å². The summed E-state index contributed by atoms with van der Waals surface area (Å²) in [5, 5.41) is 14.5. The van der Waals surface area contributed by atoms with Crippen LogP contribution in [0.4, 0.5) is 4.39 Å². The van der Waals surface area contributed by atoms with Crippen molar-refractivity contribution in [1.29, 1.82) is 5.26 Å². The predicted octanol–water partition coefficient (Wildman–Crippen LogP) is 10.00. The Bertz CT molecular complexity index is 1690. The van der Waals surface area contributed by atoms with Gasteiger partial charge in [0.2, 0.25) is 0 Å². The molecule has 196 valence electrons. The summed E-state index contributed by atoms with van der Waals surface area (Å²) >= 11 is 0. The molecule has 0 fully saturated rings. The Hall–Kier alpha value is -3.96. The van der Waals surface area contributed by atoms with Gasteiger partial charge in [-0.2, -0.15) is 5.26 Å². The minimum absolute atomic E-state index is 0.0777. The van der Waals surface area contributed by atoms with Crippen LogP contribution in [-0.2, 0) is 16.2 Å². The molecule has 5 aromatic carbocycles. The normalized spacial score (nSPS) is 13.8. The molecule has 0 amide bonds. The van der Waals surface area contributed by atoms with E-state index in [9.17, 15) is 9.65 Å². The van der Waals surface area contributed by atoms with Gasteiger partial charge in [-0.1, -0.05) is 113 Å². The number of halogens is 1. The van der Waals surface area contributed by atoms with Gasteiger partial charge in [-0.25, -0.2) is 4.39 Å². The highest BCUT2D eigenvalue weighted by Gasteiger charge is 2.44. The van der Waals surface area contributed by atoms with Crippen LogP contribution in [-0.4, -0.2) is 0 Å². The first kappa shape index (κ1) is 26.6. The van der Waals surface area contributed by atoms with Gasteiger partial charge in [-0.15, -0.1) is 0 Å². The zero-order valence-corrected chi connectivity index (χ0v) is 23.6. The van der Waals surface area contributed by atoms with E-state index < -0.39 is 0 Å². The lowest BCUT2D eigenvalue weighted by atomic mass is 9.56. The molecule has 5 rings (SSSR count).